The van der Waals surface area contributed by atoms with Crippen LogP contribution in [0.1, 0.15) is 37.7 Å². The normalized spacial score (nSPS) is 21.6. The molecule has 0 atom stereocenters. The molecule has 2 nitrogen and oxygen atoms in total. The first-order valence-corrected chi connectivity index (χ1v) is 9.15. The third-order valence-electron chi connectivity index (χ3n) is 4.40. The van der Waals surface area contributed by atoms with E-state index in [9.17, 15) is 0 Å². The summed E-state index contributed by atoms with van der Waals surface area (Å²) >= 11 is 5.44. The predicted molar refractivity (Wildman–Crippen MR) is 92.8 cm³/mol. The fourth-order valence-electron chi connectivity index (χ4n) is 3.08. The predicted octanol–water partition coefficient (Wildman–Crippen LogP) is 5.22. The minimum atomic E-state index is 0.504. The van der Waals surface area contributed by atoms with Crippen LogP contribution in [0.4, 0.5) is 5.69 Å². The average Bonchev–Trinajstić information content (AvgIpc) is 2.47. The van der Waals surface area contributed by atoms with Gasteiger partial charge in [0.1, 0.15) is 0 Å². The Morgan fingerprint density at radius 1 is 1.25 bits per heavy atom. The molecule has 1 fully saturated rings. The van der Waals surface area contributed by atoms with Crippen molar-refractivity contribution in [2.45, 2.75) is 39.0 Å². The maximum atomic E-state index is 4.81. The fourth-order valence-corrected chi connectivity index (χ4v) is 4.49. The molecule has 1 aromatic carbocycles. The van der Waals surface area contributed by atoms with Gasteiger partial charge in [0.25, 0.3) is 0 Å². The van der Waals surface area contributed by atoms with E-state index in [0.29, 0.717) is 5.41 Å². The van der Waals surface area contributed by atoms with Gasteiger partial charge in [-0.15, -0.1) is 0 Å². The minimum Gasteiger partial charge on any atom is -0.335 e. The maximum absolute atomic E-state index is 4.81. The lowest BCUT2D eigenvalue weighted by molar-refractivity contribution is 0.232. The molecule has 1 spiro atoms. The molecule has 4 heteroatoms. The zero-order valence-corrected chi connectivity index (χ0v) is 14.3. The van der Waals surface area contributed by atoms with Crippen LogP contribution in [0.2, 0.25) is 0 Å². The van der Waals surface area contributed by atoms with Crippen molar-refractivity contribution in [2.75, 3.05) is 17.6 Å². The van der Waals surface area contributed by atoms with E-state index in [1.807, 2.05) is 11.8 Å². The lowest BCUT2D eigenvalue weighted by Gasteiger charge is -2.38. The largest absolute Gasteiger partial charge is 0.335 e. The molecular weight excluding hydrogens is 332 g/mol. The van der Waals surface area contributed by atoms with Crippen LogP contribution in [-0.4, -0.2) is 17.5 Å². The molecule has 20 heavy (non-hydrogen) atoms. The Morgan fingerprint density at radius 2 is 2.05 bits per heavy atom. The molecule has 0 saturated heterocycles. The fraction of sp³-hybridized carbons (Fsp3) is 0.562. The molecule has 1 aromatic rings. The highest BCUT2D eigenvalue weighted by Gasteiger charge is 2.34. The van der Waals surface area contributed by atoms with E-state index in [0.717, 1.165) is 21.9 Å². The third-order valence-corrected chi connectivity index (χ3v) is 6.55. The van der Waals surface area contributed by atoms with Gasteiger partial charge in [0.05, 0.1) is 0 Å². The Hall–Kier alpha value is -0.480. The number of anilines is 1. The molecule has 1 saturated carbocycles. The van der Waals surface area contributed by atoms with Crippen molar-refractivity contribution in [1.29, 1.82) is 0 Å². The van der Waals surface area contributed by atoms with Gasteiger partial charge in [-0.05, 0) is 48.9 Å². The second kappa shape index (κ2) is 6.10. The van der Waals surface area contributed by atoms with Crippen molar-refractivity contribution >= 4 is 38.5 Å². The van der Waals surface area contributed by atoms with E-state index in [2.05, 4.69) is 46.4 Å². The molecule has 3 rings (SSSR count). The highest BCUT2D eigenvalue weighted by atomic mass is 79.9. The zero-order chi connectivity index (χ0) is 14.0. The first kappa shape index (κ1) is 14.5. The molecule has 0 bridgehead atoms. The summed E-state index contributed by atoms with van der Waals surface area (Å²) in [4.78, 5) is 4.81. The number of nitrogens with one attached hydrogen (secondary N) is 1. The molecule has 0 unspecified atom stereocenters. The summed E-state index contributed by atoms with van der Waals surface area (Å²) in [6.45, 7) is 3.12. The summed E-state index contributed by atoms with van der Waals surface area (Å²) in [5.41, 5.74) is 2.89. The van der Waals surface area contributed by atoms with E-state index >= 15 is 0 Å². The topological polar surface area (TPSA) is 24.4 Å². The van der Waals surface area contributed by atoms with E-state index in [1.165, 1.54) is 43.4 Å². The number of benzene rings is 1. The van der Waals surface area contributed by atoms with Gasteiger partial charge in [-0.1, -0.05) is 47.0 Å². The van der Waals surface area contributed by atoms with E-state index in [1.54, 1.807) is 0 Å². The second-order valence-electron chi connectivity index (χ2n) is 6.06. The van der Waals surface area contributed by atoms with Gasteiger partial charge in [-0.2, -0.15) is 0 Å². The molecule has 1 aliphatic carbocycles. The summed E-state index contributed by atoms with van der Waals surface area (Å²) in [5.74, 6) is 1.23. The lowest BCUT2D eigenvalue weighted by atomic mass is 9.75. The van der Waals surface area contributed by atoms with E-state index in [4.69, 9.17) is 4.99 Å². The highest BCUT2D eigenvalue weighted by Crippen LogP contribution is 2.42. The molecule has 0 aromatic heterocycles. The SMILES string of the molecule is Cc1cc(NC2=NCC3(CCCCC3)CS2)ccc1Br. The summed E-state index contributed by atoms with van der Waals surface area (Å²) in [6, 6.07) is 6.36. The van der Waals surface area contributed by atoms with Gasteiger partial charge in [0.2, 0.25) is 0 Å². The van der Waals surface area contributed by atoms with Crippen molar-refractivity contribution in [1.82, 2.24) is 0 Å². The minimum absolute atomic E-state index is 0.504. The van der Waals surface area contributed by atoms with Crippen LogP contribution in [0.5, 0.6) is 0 Å². The third kappa shape index (κ3) is 3.22. The van der Waals surface area contributed by atoms with Crippen LogP contribution in [0.25, 0.3) is 0 Å². The molecule has 1 heterocycles. The first-order chi connectivity index (χ1) is 9.67. The maximum Gasteiger partial charge on any atom is 0.161 e. The van der Waals surface area contributed by atoms with Crippen LogP contribution in [0.3, 0.4) is 0 Å². The number of hydrogen-bond acceptors (Lipinski definition) is 3. The van der Waals surface area contributed by atoms with Gasteiger partial charge < -0.3 is 5.32 Å². The Balaban J connectivity index is 1.65. The Bertz CT molecular complexity index is 521. The number of nitrogens with zero attached hydrogens (tertiary/aromatic N) is 1. The Morgan fingerprint density at radius 3 is 2.70 bits per heavy atom. The van der Waals surface area contributed by atoms with Crippen LogP contribution < -0.4 is 5.32 Å². The van der Waals surface area contributed by atoms with Crippen LogP contribution in [0, 0.1) is 12.3 Å². The van der Waals surface area contributed by atoms with Crippen molar-refractivity contribution in [2.24, 2.45) is 10.4 Å². The average molecular weight is 353 g/mol. The van der Waals surface area contributed by atoms with Crippen molar-refractivity contribution < 1.29 is 0 Å². The summed E-state index contributed by atoms with van der Waals surface area (Å²) in [5, 5.41) is 4.55. The van der Waals surface area contributed by atoms with E-state index in [-0.39, 0.29) is 0 Å². The number of rotatable bonds is 1. The quantitative estimate of drug-likeness (QED) is 0.748. The second-order valence-corrected chi connectivity index (χ2v) is 7.88. The summed E-state index contributed by atoms with van der Waals surface area (Å²) in [6.07, 6.45) is 6.94. The number of hydrogen-bond donors (Lipinski definition) is 1. The van der Waals surface area contributed by atoms with E-state index < -0.39 is 0 Å². The molecule has 0 amide bonds. The van der Waals surface area contributed by atoms with Crippen LogP contribution in [0.15, 0.2) is 27.7 Å². The standard InChI is InChI=1S/C16H21BrN2S/c1-12-9-13(5-6-14(12)17)19-15-18-10-16(11-20-15)7-3-2-4-8-16/h5-6,9H,2-4,7-8,10-11H2,1H3,(H,18,19). The number of thioether (sulfide) groups is 1. The summed E-state index contributed by atoms with van der Waals surface area (Å²) < 4.78 is 1.16. The highest BCUT2D eigenvalue weighted by molar-refractivity contribution is 9.10. The van der Waals surface area contributed by atoms with Crippen LogP contribution >= 0.6 is 27.7 Å². The van der Waals surface area contributed by atoms with Crippen molar-refractivity contribution in [3.8, 4) is 0 Å². The van der Waals surface area contributed by atoms with Gasteiger partial charge in [-0.25, -0.2) is 0 Å². The number of aryl methyl sites for hydroxylation is 1. The lowest BCUT2D eigenvalue weighted by Crippen LogP contribution is -2.35. The number of aliphatic imine (C=N–C) groups is 1. The molecule has 2 aliphatic rings. The number of halogens is 1. The number of amidine groups is 1. The Labute approximate surface area is 134 Å². The summed E-state index contributed by atoms with van der Waals surface area (Å²) in [7, 11) is 0. The molecule has 1 N–H and O–H groups in total. The first-order valence-electron chi connectivity index (χ1n) is 7.37. The van der Waals surface area contributed by atoms with Gasteiger partial charge in [-0.3, -0.25) is 4.99 Å². The molecule has 108 valence electrons. The van der Waals surface area contributed by atoms with Crippen molar-refractivity contribution in [3.05, 3.63) is 28.2 Å². The molecule has 1 aliphatic heterocycles. The van der Waals surface area contributed by atoms with Crippen LogP contribution in [-0.2, 0) is 0 Å². The van der Waals surface area contributed by atoms with Gasteiger partial charge >= 0.3 is 0 Å². The molecular formula is C16H21BrN2S. The monoisotopic (exact) mass is 352 g/mol. The smallest absolute Gasteiger partial charge is 0.161 e. The van der Waals surface area contributed by atoms with Gasteiger partial charge in [0.15, 0.2) is 5.17 Å². The van der Waals surface area contributed by atoms with Crippen molar-refractivity contribution in [3.63, 3.8) is 0 Å². The Kier molecular flexibility index (Phi) is 4.41. The van der Waals surface area contributed by atoms with Gasteiger partial charge in [0, 0.05) is 22.5 Å². The zero-order valence-electron chi connectivity index (χ0n) is 11.9. The molecule has 0 radical (unpaired) electrons.